The first-order valence-electron chi connectivity index (χ1n) is 6.28. The highest BCUT2D eigenvalue weighted by atomic mass is 16.5. The Balaban J connectivity index is 2.77. The van der Waals surface area contributed by atoms with Crippen molar-refractivity contribution in [3.63, 3.8) is 0 Å². The predicted molar refractivity (Wildman–Crippen MR) is 71.7 cm³/mol. The van der Waals surface area contributed by atoms with Crippen molar-refractivity contribution in [2.75, 3.05) is 19.0 Å². The number of ether oxygens (including phenoxy) is 1. The minimum absolute atomic E-state index is 0.400. The van der Waals surface area contributed by atoms with Gasteiger partial charge in [-0.15, -0.1) is 0 Å². The van der Waals surface area contributed by atoms with Crippen LogP contribution >= 0.6 is 0 Å². The molecule has 0 radical (unpaired) electrons. The fourth-order valence-electron chi connectivity index (χ4n) is 1.99. The zero-order chi connectivity index (χ0) is 13.0. The molecular formula is C13H25N3O. The first-order chi connectivity index (χ1) is 7.97. The number of rotatable bonds is 6. The van der Waals surface area contributed by atoms with Crippen molar-refractivity contribution >= 4 is 5.69 Å². The average Bonchev–Trinajstić information content (AvgIpc) is 2.54. The van der Waals surface area contributed by atoms with E-state index < -0.39 is 0 Å². The van der Waals surface area contributed by atoms with Crippen LogP contribution in [-0.2, 0) is 4.74 Å². The number of nitrogens with one attached hydrogen (secondary N) is 1. The average molecular weight is 239 g/mol. The molecule has 1 atom stereocenters. The number of methoxy groups -OCH3 is 1. The van der Waals surface area contributed by atoms with Gasteiger partial charge < -0.3 is 10.1 Å². The van der Waals surface area contributed by atoms with Crippen LogP contribution in [-0.4, -0.2) is 29.5 Å². The first-order valence-corrected chi connectivity index (χ1v) is 6.28. The molecule has 0 spiro atoms. The summed E-state index contributed by atoms with van der Waals surface area (Å²) in [5.41, 5.74) is 3.45. The molecule has 0 aromatic carbocycles. The second-order valence-electron chi connectivity index (χ2n) is 4.91. The van der Waals surface area contributed by atoms with E-state index in [1.54, 1.807) is 7.11 Å². The molecule has 0 bridgehead atoms. The van der Waals surface area contributed by atoms with Crippen LogP contribution in [0.3, 0.4) is 0 Å². The molecule has 0 aliphatic heterocycles. The Kier molecular flexibility index (Phi) is 5.00. The zero-order valence-corrected chi connectivity index (χ0v) is 11.9. The molecule has 1 rings (SSSR count). The number of hydrogen-bond donors (Lipinski definition) is 1. The number of aryl methyl sites for hydroxylation is 1. The summed E-state index contributed by atoms with van der Waals surface area (Å²) in [6, 6.07) is 0.802. The second-order valence-corrected chi connectivity index (χ2v) is 4.91. The first kappa shape index (κ1) is 14.0. The lowest BCUT2D eigenvalue weighted by Crippen LogP contribution is -2.18. The zero-order valence-electron chi connectivity index (χ0n) is 11.9. The molecule has 1 unspecified atom stereocenters. The van der Waals surface area contributed by atoms with Crippen LogP contribution in [0.2, 0.25) is 0 Å². The van der Waals surface area contributed by atoms with Crippen LogP contribution in [0.25, 0.3) is 0 Å². The fraction of sp³-hybridized carbons (Fsp3) is 0.769. The number of hydrogen-bond acceptors (Lipinski definition) is 3. The van der Waals surface area contributed by atoms with E-state index in [2.05, 4.69) is 49.7 Å². The molecule has 1 N–H and O–H groups in total. The van der Waals surface area contributed by atoms with Crippen LogP contribution in [0.5, 0.6) is 0 Å². The van der Waals surface area contributed by atoms with Gasteiger partial charge in [0.2, 0.25) is 0 Å². The van der Waals surface area contributed by atoms with E-state index in [0.717, 1.165) is 18.7 Å². The molecular weight excluding hydrogens is 214 g/mol. The summed E-state index contributed by atoms with van der Waals surface area (Å²) >= 11 is 0. The van der Waals surface area contributed by atoms with E-state index in [0.29, 0.717) is 12.1 Å². The highest BCUT2D eigenvalue weighted by molar-refractivity contribution is 5.52. The topological polar surface area (TPSA) is 39.1 Å². The Morgan fingerprint density at radius 3 is 2.41 bits per heavy atom. The maximum absolute atomic E-state index is 5.09. The largest absolute Gasteiger partial charge is 0.385 e. The van der Waals surface area contributed by atoms with Gasteiger partial charge >= 0.3 is 0 Å². The van der Waals surface area contributed by atoms with E-state index in [4.69, 9.17) is 4.74 Å². The van der Waals surface area contributed by atoms with Gasteiger partial charge in [-0.1, -0.05) is 0 Å². The third-order valence-electron chi connectivity index (χ3n) is 2.96. The van der Waals surface area contributed by atoms with E-state index in [1.165, 1.54) is 11.4 Å². The quantitative estimate of drug-likeness (QED) is 0.829. The molecule has 4 nitrogen and oxygen atoms in total. The maximum Gasteiger partial charge on any atom is 0.0828 e. The molecule has 1 aromatic heterocycles. The van der Waals surface area contributed by atoms with Crippen molar-refractivity contribution in [3.8, 4) is 0 Å². The number of nitrogens with zero attached hydrogens (tertiary/aromatic N) is 2. The van der Waals surface area contributed by atoms with Crippen molar-refractivity contribution in [2.24, 2.45) is 0 Å². The molecule has 0 saturated heterocycles. The lowest BCUT2D eigenvalue weighted by molar-refractivity contribution is 0.191. The molecule has 4 heteroatoms. The molecule has 0 amide bonds. The molecule has 1 heterocycles. The Morgan fingerprint density at radius 1 is 1.29 bits per heavy atom. The highest BCUT2D eigenvalue weighted by Gasteiger charge is 2.14. The molecule has 1 aromatic rings. The molecule has 0 fully saturated rings. The van der Waals surface area contributed by atoms with Gasteiger partial charge in [-0.2, -0.15) is 5.10 Å². The number of aromatic nitrogens is 2. The van der Waals surface area contributed by atoms with Gasteiger partial charge in [-0.3, -0.25) is 4.68 Å². The molecule has 0 aliphatic rings. The van der Waals surface area contributed by atoms with Gasteiger partial charge in [0.25, 0.3) is 0 Å². The normalized spacial score (nSPS) is 13.1. The predicted octanol–water partition coefficient (Wildman–Crippen LogP) is 2.92. The smallest absolute Gasteiger partial charge is 0.0828 e. The Labute approximate surface area is 104 Å². The summed E-state index contributed by atoms with van der Waals surface area (Å²) in [6.45, 7) is 11.4. The van der Waals surface area contributed by atoms with Gasteiger partial charge in [0.15, 0.2) is 0 Å². The van der Waals surface area contributed by atoms with Crippen molar-refractivity contribution < 1.29 is 4.74 Å². The van der Waals surface area contributed by atoms with E-state index in [1.807, 2.05) is 0 Å². The summed E-state index contributed by atoms with van der Waals surface area (Å²) in [5.74, 6) is 0. The molecule has 17 heavy (non-hydrogen) atoms. The van der Waals surface area contributed by atoms with E-state index >= 15 is 0 Å². The van der Waals surface area contributed by atoms with E-state index in [9.17, 15) is 0 Å². The van der Waals surface area contributed by atoms with Gasteiger partial charge in [0.05, 0.1) is 17.1 Å². The number of anilines is 1. The third-order valence-corrected chi connectivity index (χ3v) is 2.96. The van der Waals surface area contributed by atoms with Gasteiger partial charge in [0, 0.05) is 25.8 Å². The van der Waals surface area contributed by atoms with Crippen LogP contribution in [0.4, 0.5) is 5.69 Å². The Morgan fingerprint density at radius 2 is 1.94 bits per heavy atom. The summed E-state index contributed by atoms with van der Waals surface area (Å²) in [4.78, 5) is 0. The Bertz CT molecular complexity index is 358. The Hall–Kier alpha value is -1.03. The van der Waals surface area contributed by atoms with Crippen molar-refractivity contribution in [3.05, 3.63) is 11.4 Å². The SMILES string of the molecule is COCCC(C)Nc1c(C)nn(C(C)C)c1C. The van der Waals surface area contributed by atoms with Gasteiger partial charge in [-0.25, -0.2) is 0 Å². The van der Waals surface area contributed by atoms with E-state index in [-0.39, 0.29) is 0 Å². The summed E-state index contributed by atoms with van der Waals surface area (Å²) in [5, 5.41) is 8.09. The molecule has 98 valence electrons. The minimum atomic E-state index is 0.400. The summed E-state index contributed by atoms with van der Waals surface area (Å²) < 4.78 is 7.16. The maximum atomic E-state index is 5.09. The van der Waals surface area contributed by atoms with Crippen molar-refractivity contribution in [1.82, 2.24) is 9.78 Å². The van der Waals surface area contributed by atoms with Crippen molar-refractivity contribution in [2.45, 2.75) is 53.1 Å². The molecule has 0 aliphatic carbocycles. The summed E-state index contributed by atoms with van der Waals surface area (Å²) in [6.07, 6.45) is 1.00. The second kappa shape index (κ2) is 6.05. The van der Waals surface area contributed by atoms with Gasteiger partial charge in [-0.05, 0) is 41.0 Å². The molecule has 0 saturated carbocycles. The van der Waals surface area contributed by atoms with Crippen LogP contribution in [0, 0.1) is 13.8 Å². The van der Waals surface area contributed by atoms with Crippen molar-refractivity contribution in [1.29, 1.82) is 0 Å². The highest BCUT2D eigenvalue weighted by Crippen LogP contribution is 2.23. The summed E-state index contributed by atoms with van der Waals surface area (Å²) in [7, 11) is 1.74. The van der Waals surface area contributed by atoms with Crippen LogP contribution in [0.15, 0.2) is 0 Å². The van der Waals surface area contributed by atoms with Crippen LogP contribution in [0.1, 0.15) is 44.6 Å². The standard InChI is InChI=1S/C13H25N3O/c1-9(2)16-12(5)13(11(4)15-16)14-10(3)7-8-17-6/h9-10,14H,7-8H2,1-6H3. The lowest BCUT2D eigenvalue weighted by Gasteiger charge is -2.15. The lowest BCUT2D eigenvalue weighted by atomic mass is 10.2. The van der Waals surface area contributed by atoms with Gasteiger partial charge in [0.1, 0.15) is 0 Å². The third kappa shape index (κ3) is 3.46. The monoisotopic (exact) mass is 239 g/mol. The minimum Gasteiger partial charge on any atom is -0.385 e. The van der Waals surface area contributed by atoms with Crippen LogP contribution < -0.4 is 5.32 Å². The fourth-order valence-corrected chi connectivity index (χ4v) is 1.99.